The third-order valence-corrected chi connectivity index (χ3v) is 9.35. The van der Waals surface area contributed by atoms with Gasteiger partial charge in [-0.1, -0.05) is 58.7 Å². The summed E-state index contributed by atoms with van der Waals surface area (Å²) in [5, 5.41) is 7.99. The Bertz CT molecular complexity index is 942. The fourth-order valence-corrected chi connectivity index (χ4v) is 6.42. The molecule has 3 aliphatic rings. The molecular formula is C27H46N6O6. The minimum atomic E-state index is -0.891. The average Bonchev–Trinajstić information content (AvgIpc) is 2.90. The maximum Gasteiger partial charge on any atom is 0.167 e. The summed E-state index contributed by atoms with van der Waals surface area (Å²) < 4.78 is 31.9. The number of azide groups is 2. The molecule has 0 aromatic heterocycles. The van der Waals surface area contributed by atoms with Crippen molar-refractivity contribution < 1.29 is 28.5 Å². The molecule has 0 N–H and O–H groups in total. The van der Waals surface area contributed by atoms with E-state index >= 15 is 0 Å². The number of Topliss-reactive ketones (excluding diaryl/α,β-unsaturated/α-hetero) is 1. The van der Waals surface area contributed by atoms with Gasteiger partial charge in [0.15, 0.2) is 18.4 Å². The maximum absolute atomic E-state index is 12.9. The van der Waals surface area contributed by atoms with Crippen molar-refractivity contribution in [2.45, 2.75) is 136 Å². The van der Waals surface area contributed by atoms with Crippen LogP contribution in [0.1, 0.15) is 75.2 Å². The summed E-state index contributed by atoms with van der Waals surface area (Å²) in [6.07, 6.45) is -2.34. The van der Waals surface area contributed by atoms with Crippen molar-refractivity contribution in [1.82, 2.24) is 0 Å². The summed E-state index contributed by atoms with van der Waals surface area (Å²) in [7, 11) is 0. The number of carbonyl (C=O) groups excluding carboxylic acids is 1. The maximum atomic E-state index is 12.9. The molecule has 0 spiro atoms. The molecule has 4 unspecified atom stereocenters. The van der Waals surface area contributed by atoms with Crippen LogP contribution in [0.5, 0.6) is 0 Å². The molecule has 0 saturated carbocycles. The molecule has 220 valence electrons. The summed E-state index contributed by atoms with van der Waals surface area (Å²) in [6, 6.07) is -0.905. The highest BCUT2D eigenvalue weighted by Gasteiger charge is 2.51. The molecule has 0 aromatic rings. The van der Waals surface area contributed by atoms with Crippen LogP contribution in [-0.4, -0.2) is 67.1 Å². The summed E-state index contributed by atoms with van der Waals surface area (Å²) >= 11 is 0. The average molecular weight is 551 g/mol. The van der Waals surface area contributed by atoms with Gasteiger partial charge in [0.25, 0.3) is 0 Å². The lowest BCUT2D eigenvalue weighted by molar-refractivity contribution is -0.327. The molecule has 0 bridgehead atoms. The van der Waals surface area contributed by atoms with E-state index in [1.54, 1.807) is 0 Å². The topological polar surface area (TPSA) is 161 Å². The van der Waals surface area contributed by atoms with E-state index in [0.29, 0.717) is 0 Å². The minimum Gasteiger partial charge on any atom is -0.372 e. The van der Waals surface area contributed by atoms with Gasteiger partial charge in [-0.2, -0.15) is 0 Å². The number of ether oxygens (including phenoxy) is 5. The van der Waals surface area contributed by atoms with Gasteiger partial charge in [0.2, 0.25) is 0 Å². The predicted octanol–water partition coefficient (Wildman–Crippen LogP) is 5.94. The van der Waals surface area contributed by atoms with Gasteiger partial charge in [0.05, 0.1) is 42.6 Å². The van der Waals surface area contributed by atoms with E-state index in [2.05, 4.69) is 33.9 Å². The lowest BCUT2D eigenvalue weighted by Gasteiger charge is -2.50. The molecule has 39 heavy (non-hydrogen) atoms. The van der Waals surface area contributed by atoms with Gasteiger partial charge in [-0.05, 0) is 61.4 Å². The molecule has 3 heterocycles. The van der Waals surface area contributed by atoms with Crippen LogP contribution in [0.3, 0.4) is 0 Å². The van der Waals surface area contributed by atoms with E-state index in [9.17, 15) is 10.3 Å². The van der Waals surface area contributed by atoms with E-state index in [1.165, 1.54) is 6.92 Å². The van der Waals surface area contributed by atoms with Gasteiger partial charge in [0.1, 0.15) is 6.10 Å². The fraction of sp³-hybridized carbons (Fsp3) is 0.963. The predicted molar refractivity (Wildman–Crippen MR) is 144 cm³/mol. The van der Waals surface area contributed by atoms with Crippen LogP contribution in [0.4, 0.5) is 0 Å². The van der Waals surface area contributed by atoms with Crippen molar-refractivity contribution in [1.29, 1.82) is 0 Å². The van der Waals surface area contributed by atoms with Gasteiger partial charge in [-0.15, -0.1) is 0 Å². The molecule has 12 heteroatoms. The van der Waals surface area contributed by atoms with Crippen LogP contribution in [0, 0.1) is 29.6 Å². The number of ketones is 1. The molecule has 3 fully saturated rings. The molecule has 3 aliphatic heterocycles. The lowest BCUT2D eigenvalue weighted by Crippen LogP contribution is -2.60. The van der Waals surface area contributed by atoms with Crippen LogP contribution in [0.2, 0.25) is 0 Å². The van der Waals surface area contributed by atoms with E-state index in [-0.39, 0.29) is 65.8 Å². The second-order valence-corrected chi connectivity index (χ2v) is 11.7. The Morgan fingerprint density at radius 1 is 0.718 bits per heavy atom. The third-order valence-electron chi connectivity index (χ3n) is 9.35. The summed E-state index contributed by atoms with van der Waals surface area (Å²) in [5.74, 6) is -0.354. The number of rotatable bonds is 9. The van der Waals surface area contributed by atoms with Crippen molar-refractivity contribution in [3.63, 3.8) is 0 Å². The molecular weight excluding hydrogens is 504 g/mol. The number of nitrogens with zero attached hydrogens (tertiary/aromatic N) is 6. The standard InChI is InChI=1S/C27H46N6O6/c1-10-19-12(3)13(4)22(31-33-29)27(36-19)38-24-14(5)15(6)26(39-25(24)17(8)34)37-23-16(7)21(30-32-28)18(9)35-20(23)11-2/h12-16,18-27H,10-11H2,1-9H3/t12-,13-,14+,15?,16+,18+,19-,20?,21?,22?,23-,24-,25-,26+,27+/m0/s1. The zero-order valence-corrected chi connectivity index (χ0v) is 24.7. The first-order valence-electron chi connectivity index (χ1n) is 14.4. The second-order valence-electron chi connectivity index (χ2n) is 11.7. The molecule has 0 radical (unpaired) electrons. The molecule has 0 aliphatic carbocycles. The molecule has 3 rings (SSSR count). The Balaban J connectivity index is 1.84. The van der Waals surface area contributed by atoms with Crippen LogP contribution < -0.4 is 0 Å². The Labute approximate surface area is 231 Å². The largest absolute Gasteiger partial charge is 0.372 e. The van der Waals surface area contributed by atoms with Crippen molar-refractivity contribution in [2.24, 2.45) is 39.8 Å². The quantitative estimate of drug-likeness (QED) is 0.196. The highest BCUT2D eigenvalue weighted by Crippen LogP contribution is 2.41. The lowest BCUT2D eigenvalue weighted by atomic mass is 9.80. The highest BCUT2D eigenvalue weighted by atomic mass is 16.7. The molecule has 15 atom stereocenters. The van der Waals surface area contributed by atoms with Gasteiger partial charge < -0.3 is 23.7 Å². The minimum absolute atomic E-state index is 0.0406. The summed E-state index contributed by atoms with van der Waals surface area (Å²) in [6.45, 7) is 17.6. The molecule has 3 saturated heterocycles. The molecule has 0 aromatic carbocycles. The van der Waals surface area contributed by atoms with Gasteiger partial charge >= 0.3 is 0 Å². The summed E-state index contributed by atoms with van der Waals surface area (Å²) in [4.78, 5) is 19.0. The number of hydrogen-bond acceptors (Lipinski definition) is 8. The first-order valence-corrected chi connectivity index (χ1v) is 14.4. The number of hydrogen-bond donors (Lipinski definition) is 0. The zero-order valence-electron chi connectivity index (χ0n) is 24.7. The Morgan fingerprint density at radius 3 is 1.87 bits per heavy atom. The van der Waals surface area contributed by atoms with Crippen LogP contribution in [0.15, 0.2) is 10.2 Å². The Hall–Kier alpha value is -1.91. The third kappa shape index (κ3) is 6.54. The Morgan fingerprint density at radius 2 is 1.31 bits per heavy atom. The van der Waals surface area contributed by atoms with Crippen LogP contribution in [-0.2, 0) is 28.5 Å². The zero-order chi connectivity index (χ0) is 29.0. The highest BCUT2D eigenvalue weighted by molar-refractivity contribution is 5.81. The first-order chi connectivity index (χ1) is 18.5. The van der Waals surface area contributed by atoms with Crippen LogP contribution in [0.25, 0.3) is 20.9 Å². The second kappa shape index (κ2) is 13.6. The van der Waals surface area contributed by atoms with Gasteiger partial charge in [-0.25, -0.2) is 0 Å². The van der Waals surface area contributed by atoms with Gasteiger partial charge in [-0.3, -0.25) is 4.79 Å². The van der Waals surface area contributed by atoms with Crippen LogP contribution >= 0.6 is 0 Å². The van der Waals surface area contributed by atoms with Crippen molar-refractivity contribution in [3.05, 3.63) is 20.9 Å². The van der Waals surface area contributed by atoms with E-state index in [4.69, 9.17) is 29.2 Å². The monoisotopic (exact) mass is 550 g/mol. The van der Waals surface area contributed by atoms with Gasteiger partial charge in [0, 0.05) is 15.7 Å². The summed E-state index contributed by atoms with van der Waals surface area (Å²) in [5.41, 5.74) is 18.3. The van der Waals surface area contributed by atoms with E-state index < -0.39 is 30.8 Å². The fourth-order valence-electron chi connectivity index (χ4n) is 6.42. The van der Waals surface area contributed by atoms with Crippen molar-refractivity contribution >= 4 is 5.78 Å². The van der Waals surface area contributed by atoms with Crippen molar-refractivity contribution in [2.75, 3.05) is 0 Å². The molecule has 0 amide bonds. The SMILES string of the molecule is CCC1O[C@H](C)C(N=[N+]=[N-])[C@@H](C)[C@@H]1O[C@@H]1O[C@@H](C(C)=O)[C@@H](O[C@H]2O[C@@H](CC)[C@@H](C)[C@H](C)C2N=[N+]=[N-])[C@H](C)C1C. The molecule has 12 nitrogen and oxygen atoms in total. The van der Waals surface area contributed by atoms with E-state index in [0.717, 1.165) is 12.8 Å². The number of carbonyl (C=O) groups is 1. The normalized spacial score (nSPS) is 46.5. The Kier molecular flexibility index (Phi) is 11.1. The van der Waals surface area contributed by atoms with Crippen molar-refractivity contribution in [3.8, 4) is 0 Å². The van der Waals surface area contributed by atoms with E-state index in [1.807, 2.05) is 41.5 Å². The first kappa shape index (κ1) is 31.6. The smallest absolute Gasteiger partial charge is 0.167 e.